The van der Waals surface area contributed by atoms with E-state index in [0.29, 0.717) is 13.2 Å². The van der Waals surface area contributed by atoms with Crippen molar-refractivity contribution in [3.63, 3.8) is 0 Å². The van der Waals surface area contributed by atoms with Crippen molar-refractivity contribution in [1.82, 2.24) is 0 Å². The average Bonchev–Trinajstić information content (AvgIpc) is 2.25. The minimum absolute atomic E-state index is 0.0551. The molecule has 1 aliphatic rings. The van der Waals surface area contributed by atoms with Crippen LogP contribution in [0.25, 0.3) is 0 Å². The Balaban J connectivity index is 1.98. The van der Waals surface area contributed by atoms with E-state index in [2.05, 4.69) is 12.1 Å². The van der Waals surface area contributed by atoms with Crippen LogP contribution in [0.2, 0.25) is 0 Å². The normalized spacial score (nSPS) is 17.9. The summed E-state index contributed by atoms with van der Waals surface area (Å²) in [6.07, 6.45) is 1.07. The zero-order valence-corrected chi connectivity index (χ0v) is 10.5. The van der Waals surface area contributed by atoms with Gasteiger partial charge in [-0.15, -0.1) is 0 Å². The molecule has 0 aromatic heterocycles. The van der Waals surface area contributed by atoms with Gasteiger partial charge in [-0.2, -0.15) is 0 Å². The molecule has 3 nitrogen and oxygen atoms in total. The van der Waals surface area contributed by atoms with Crippen molar-refractivity contribution in [3.05, 3.63) is 29.8 Å². The van der Waals surface area contributed by atoms with Crippen LogP contribution in [0.5, 0.6) is 5.75 Å². The molecule has 0 amide bonds. The maximum Gasteiger partial charge on any atom is 0.119 e. The quantitative estimate of drug-likeness (QED) is 0.850. The van der Waals surface area contributed by atoms with Crippen molar-refractivity contribution in [1.29, 1.82) is 0 Å². The third-order valence-corrected chi connectivity index (χ3v) is 3.03. The molecule has 0 aliphatic carbocycles. The fourth-order valence-corrected chi connectivity index (χ4v) is 2.03. The Kier molecular flexibility index (Phi) is 3.69. The van der Waals surface area contributed by atoms with Gasteiger partial charge in [0.1, 0.15) is 5.75 Å². The second-order valence-corrected chi connectivity index (χ2v) is 5.14. The zero-order chi connectivity index (χ0) is 12.3. The summed E-state index contributed by atoms with van der Waals surface area (Å²) in [7, 11) is 0. The monoisotopic (exact) mass is 236 g/mol. The number of ether oxygens (including phenoxy) is 2. The first-order valence-corrected chi connectivity index (χ1v) is 6.08. The minimum Gasteiger partial charge on any atom is -0.491 e. The van der Waals surface area contributed by atoms with E-state index in [1.54, 1.807) is 0 Å². The topological polar surface area (TPSA) is 38.7 Å². The van der Waals surface area contributed by atoms with E-state index >= 15 is 0 Å². The summed E-state index contributed by atoms with van der Waals surface area (Å²) in [6.45, 7) is 5.54. The van der Waals surface area contributed by atoms with E-state index < -0.39 is 0 Å². The summed E-state index contributed by atoms with van der Waals surface area (Å²) in [5.74, 6) is 0.895. The SMILES string of the molecule is CC(C)Oc1ccc(CC2(CO)COC2)cc1. The lowest BCUT2D eigenvalue weighted by atomic mass is 9.81. The zero-order valence-electron chi connectivity index (χ0n) is 10.5. The molecule has 0 atom stereocenters. The van der Waals surface area contributed by atoms with Gasteiger partial charge in [0.2, 0.25) is 0 Å². The Morgan fingerprint density at radius 1 is 1.29 bits per heavy atom. The van der Waals surface area contributed by atoms with Crippen LogP contribution in [0.4, 0.5) is 0 Å². The van der Waals surface area contributed by atoms with Crippen molar-refractivity contribution < 1.29 is 14.6 Å². The van der Waals surface area contributed by atoms with Crippen LogP contribution in [0.3, 0.4) is 0 Å². The Morgan fingerprint density at radius 2 is 1.94 bits per heavy atom. The lowest BCUT2D eigenvalue weighted by Gasteiger charge is -2.40. The Labute approximate surface area is 102 Å². The molecule has 1 heterocycles. The summed E-state index contributed by atoms with van der Waals surface area (Å²) in [6, 6.07) is 8.10. The number of rotatable bonds is 5. The largest absolute Gasteiger partial charge is 0.491 e. The molecule has 1 saturated heterocycles. The summed E-state index contributed by atoms with van der Waals surface area (Å²) in [5, 5.41) is 9.37. The van der Waals surface area contributed by atoms with E-state index in [4.69, 9.17) is 9.47 Å². The van der Waals surface area contributed by atoms with Crippen LogP contribution in [-0.4, -0.2) is 31.0 Å². The summed E-state index contributed by atoms with van der Waals surface area (Å²) >= 11 is 0. The molecule has 1 N–H and O–H groups in total. The molecule has 0 radical (unpaired) electrons. The standard InChI is InChI=1S/C14H20O3/c1-11(2)17-13-5-3-12(4-6-13)7-14(8-15)9-16-10-14/h3-6,11,15H,7-10H2,1-2H3. The molecule has 94 valence electrons. The van der Waals surface area contributed by atoms with Gasteiger partial charge in [-0.05, 0) is 38.0 Å². The van der Waals surface area contributed by atoms with Gasteiger partial charge < -0.3 is 14.6 Å². The van der Waals surface area contributed by atoms with Gasteiger partial charge in [-0.25, -0.2) is 0 Å². The van der Waals surface area contributed by atoms with E-state index in [0.717, 1.165) is 12.2 Å². The van der Waals surface area contributed by atoms with Crippen LogP contribution in [0.1, 0.15) is 19.4 Å². The average molecular weight is 236 g/mol. The third kappa shape index (κ3) is 2.99. The van der Waals surface area contributed by atoms with Gasteiger partial charge in [-0.3, -0.25) is 0 Å². The summed E-state index contributed by atoms with van der Waals surface area (Å²) in [5.41, 5.74) is 1.17. The van der Waals surface area contributed by atoms with E-state index in [9.17, 15) is 5.11 Å². The predicted molar refractivity (Wildman–Crippen MR) is 66.2 cm³/mol. The van der Waals surface area contributed by atoms with Crippen molar-refractivity contribution >= 4 is 0 Å². The van der Waals surface area contributed by atoms with E-state index in [-0.39, 0.29) is 18.1 Å². The first-order chi connectivity index (χ1) is 8.13. The van der Waals surface area contributed by atoms with Crippen LogP contribution in [-0.2, 0) is 11.2 Å². The molecule has 0 spiro atoms. The predicted octanol–water partition coefficient (Wildman–Crippen LogP) is 2.03. The molecular weight excluding hydrogens is 216 g/mol. The fraction of sp³-hybridized carbons (Fsp3) is 0.571. The van der Waals surface area contributed by atoms with Crippen molar-refractivity contribution in [3.8, 4) is 5.75 Å². The second kappa shape index (κ2) is 5.07. The Morgan fingerprint density at radius 3 is 2.35 bits per heavy atom. The second-order valence-electron chi connectivity index (χ2n) is 5.14. The highest BCUT2D eigenvalue weighted by atomic mass is 16.5. The van der Waals surface area contributed by atoms with Crippen molar-refractivity contribution in [2.45, 2.75) is 26.4 Å². The van der Waals surface area contributed by atoms with Gasteiger partial charge in [0.05, 0.1) is 25.9 Å². The van der Waals surface area contributed by atoms with Crippen LogP contribution >= 0.6 is 0 Å². The third-order valence-electron chi connectivity index (χ3n) is 3.03. The Hall–Kier alpha value is -1.06. The molecular formula is C14H20O3. The number of aliphatic hydroxyl groups excluding tert-OH is 1. The van der Waals surface area contributed by atoms with E-state index in [1.165, 1.54) is 5.56 Å². The lowest BCUT2D eigenvalue weighted by Crippen LogP contribution is -2.47. The van der Waals surface area contributed by atoms with Gasteiger partial charge in [0, 0.05) is 5.41 Å². The first kappa shape index (κ1) is 12.4. The highest BCUT2D eigenvalue weighted by Gasteiger charge is 2.37. The number of hydrogen-bond donors (Lipinski definition) is 1. The fourth-order valence-electron chi connectivity index (χ4n) is 2.03. The molecule has 1 aliphatic heterocycles. The highest BCUT2D eigenvalue weighted by Crippen LogP contribution is 2.31. The van der Waals surface area contributed by atoms with Crippen LogP contribution < -0.4 is 4.74 Å². The van der Waals surface area contributed by atoms with Gasteiger partial charge >= 0.3 is 0 Å². The summed E-state index contributed by atoms with van der Waals surface area (Å²) < 4.78 is 10.8. The van der Waals surface area contributed by atoms with E-state index in [1.807, 2.05) is 26.0 Å². The van der Waals surface area contributed by atoms with Gasteiger partial charge in [0.25, 0.3) is 0 Å². The molecule has 0 unspecified atom stereocenters. The molecule has 0 saturated carbocycles. The first-order valence-electron chi connectivity index (χ1n) is 6.08. The number of aliphatic hydroxyl groups is 1. The van der Waals surface area contributed by atoms with Gasteiger partial charge in [0.15, 0.2) is 0 Å². The smallest absolute Gasteiger partial charge is 0.119 e. The van der Waals surface area contributed by atoms with Crippen LogP contribution in [0, 0.1) is 5.41 Å². The molecule has 1 aromatic rings. The lowest BCUT2D eigenvalue weighted by molar-refractivity contribution is -0.136. The highest BCUT2D eigenvalue weighted by molar-refractivity contribution is 5.28. The molecule has 1 fully saturated rings. The molecule has 0 bridgehead atoms. The number of hydrogen-bond acceptors (Lipinski definition) is 3. The maximum absolute atomic E-state index is 9.37. The van der Waals surface area contributed by atoms with Crippen molar-refractivity contribution in [2.24, 2.45) is 5.41 Å². The molecule has 3 heteroatoms. The minimum atomic E-state index is -0.0551. The van der Waals surface area contributed by atoms with Crippen LogP contribution in [0.15, 0.2) is 24.3 Å². The molecule has 2 rings (SSSR count). The molecule has 1 aromatic carbocycles. The molecule has 17 heavy (non-hydrogen) atoms. The van der Waals surface area contributed by atoms with Gasteiger partial charge in [-0.1, -0.05) is 12.1 Å². The maximum atomic E-state index is 9.37. The number of benzene rings is 1. The Bertz CT molecular complexity index is 347. The summed E-state index contributed by atoms with van der Waals surface area (Å²) in [4.78, 5) is 0. The van der Waals surface area contributed by atoms with Crippen molar-refractivity contribution in [2.75, 3.05) is 19.8 Å².